The highest BCUT2D eigenvalue weighted by Gasteiger charge is 2.14. The molecule has 2 aromatic carbocycles. The second kappa shape index (κ2) is 6.84. The molecular formula is C19H22N2O2. The van der Waals surface area contributed by atoms with Gasteiger partial charge in [0.15, 0.2) is 0 Å². The summed E-state index contributed by atoms with van der Waals surface area (Å²) in [5.41, 5.74) is 4.79. The number of nitrogens with zero attached hydrogens (tertiary/aromatic N) is 1. The largest absolute Gasteiger partial charge is 0.378 e. The Kier molecular flexibility index (Phi) is 4.63. The summed E-state index contributed by atoms with van der Waals surface area (Å²) in [7, 11) is 0. The third-order valence-electron chi connectivity index (χ3n) is 4.22. The van der Waals surface area contributed by atoms with Crippen LogP contribution in [0.3, 0.4) is 0 Å². The molecule has 120 valence electrons. The lowest BCUT2D eigenvalue weighted by Crippen LogP contribution is -2.36. The van der Waals surface area contributed by atoms with Crippen LogP contribution in [0.2, 0.25) is 0 Å². The van der Waals surface area contributed by atoms with Crippen molar-refractivity contribution in [3.63, 3.8) is 0 Å². The molecule has 0 radical (unpaired) electrons. The van der Waals surface area contributed by atoms with E-state index in [1.54, 1.807) is 0 Å². The van der Waals surface area contributed by atoms with Crippen LogP contribution in [0.5, 0.6) is 0 Å². The Morgan fingerprint density at radius 2 is 1.78 bits per heavy atom. The summed E-state index contributed by atoms with van der Waals surface area (Å²) in [5, 5.41) is 3.02. The van der Waals surface area contributed by atoms with Gasteiger partial charge in [0.25, 0.3) is 5.91 Å². The minimum Gasteiger partial charge on any atom is -0.378 e. The number of anilines is 2. The Labute approximate surface area is 137 Å². The summed E-state index contributed by atoms with van der Waals surface area (Å²) >= 11 is 0. The van der Waals surface area contributed by atoms with Crippen molar-refractivity contribution in [2.45, 2.75) is 13.8 Å². The van der Waals surface area contributed by atoms with Gasteiger partial charge in [-0.15, -0.1) is 0 Å². The molecule has 0 spiro atoms. The quantitative estimate of drug-likeness (QED) is 0.945. The van der Waals surface area contributed by atoms with Crippen molar-refractivity contribution >= 4 is 17.3 Å². The Morgan fingerprint density at radius 3 is 2.48 bits per heavy atom. The molecule has 4 nitrogen and oxygen atoms in total. The second-order valence-electron chi connectivity index (χ2n) is 5.87. The van der Waals surface area contributed by atoms with E-state index >= 15 is 0 Å². The third-order valence-corrected chi connectivity index (χ3v) is 4.22. The predicted molar refractivity (Wildman–Crippen MR) is 93.3 cm³/mol. The zero-order chi connectivity index (χ0) is 16.2. The molecule has 1 heterocycles. The molecule has 1 N–H and O–H groups in total. The molecule has 0 saturated carbocycles. The first-order chi connectivity index (χ1) is 11.1. The van der Waals surface area contributed by atoms with Crippen LogP contribution in [0.15, 0.2) is 42.5 Å². The molecular weight excluding hydrogens is 288 g/mol. The van der Waals surface area contributed by atoms with Crippen LogP contribution in [0.1, 0.15) is 21.5 Å². The first-order valence-electron chi connectivity index (χ1n) is 7.95. The van der Waals surface area contributed by atoms with Crippen LogP contribution >= 0.6 is 0 Å². The lowest BCUT2D eigenvalue weighted by atomic mass is 10.1. The number of ether oxygens (including phenoxy) is 1. The minimum atomic E-state index is -0.0645. The topological polar surface area (TPSA) is 41.6 Å². The number of carbonyl (C=O) groups is 1. The van der Waals surface area contributed by atoms with E-state index in [1.165, 1.54) is 5.69 Å². The molecule has 1 fully saturated rings. The first-order valence-corrected chi connectivity index (χ1v) is 7.95. The standard InChI is InChI=1S/C19H22N2O2/c1-14-5-3-4-6-17(14)19(22)20-18-8-7-16(13-15(18)2)21-9-11-23-12-10-21/h3-8,13H,9-12H2,1-2H3,(H,20,22). The minimum absolute atomic E-state index is 0.0645. The molecule has 1 amide bonds. The van der Waals surface area contributed by atoms with E-state index in [1.807, 2.05) is 44.2 Å². The molecule has 0 unspecified atom stereocenters. The van der Waals surface area contributed by atoms with Crippen molar-refractivity contribution in [3.8, 4) is 0 Å². The molecule has 0 bridgehead atoms. The number of morpholine rings is 1. The van der Waals surface area contributed by atoms with Crippen LogP contribution in [0.4, 0.5) is 11.4 Å². The van der Waals surface area contributed by atoms with Crippen molar-refractivity contribution in [2.75, 3.05) is 36.5 Å². The lowest BCUT2D eigenvalue weighted by molar-refractivity contribution is 0.102. The van der Waals surface area contributed by atoms with E-state index in [0.717, 1.165) is 43.1 Å². The average Bonchev–Trinajstić information content (AvgIpc) is 2.58. The van der Waals surface area contributed by atoms with Gasteiger partial charge in [-0.2, -0.15) is 0 Å². The van der Waals surface area contributed by atoms with E-state index in [4.69, 9.17) is 4.74 Å². The lowest BCUT2D eigenvalue weighted by Gasteiger charge is -2.29. The van der Waals surface area contributed by atoms with Gasteiger partial charge in [-0.05, 0) is 49.2 Å². The van der Waals surface area contributed by atoms with Gasteiger partial charge >= 0.3 is 0 Å². The molecule has 0 aromatic heterocycles. The van der Waals surface area contributed by atoms with Crippen LogP contribution in [-0.4, -0.2) is 32.2 Å². The molecule has 1 aliphatic rings. The van der Waals surface area contributed by atoms with Crippen molar-refractivity contribution in [3.05, 3.63) is 59.2 Å². The van der Waals surface area contributed by atoms with Gasteiger partial charge in [-0.25, -0.2) is 0 Å². The number of hydrogen-bond donors (Lipinski definition) is 1. The molecule has 0 aliphatic carbocycles. The van der Waals surface area contributed by atoms with E-state index in [-0.39, 0.29) is 5.91 Å². The number of rotatable bonds is 3. The Bertz CT molecular complexity index is 706. The van der Waals surface area contributed by atoms with E-state index in [0.29, 0.717) is 5.56 Å². The van der Waals surface area contributed by atoms with Crippen molar-refractivity contribution in [2.24, 2.45) is 0 Å². The molecule has 1 saturated heterocycles. The highest BCUT2D eigenvalue weighted by atomic mass is 16.5. The summed E-state index contributed by atoms with van der Waals surface area (Å²) in [6.07, 6.45) is 0. The number of aryl methyl sites for hydroxylation is 2. The fourth-order valence-corrected chi connectivity index (χ4v) is 2.82. The Balaban J connectivity index is 1.76. The van der Waals surface area contributed by atoms with Crippen molar-refractivity contribution < 1.29 is 9.53 Å². The smallest absolute Gasteiger partial charge is 0.255 e. The fraction of sp³-hybridized carbons (Fsp3) is 0.316. The summed E-state index contributed by atoms with van der Waals surface area (Å²) in [6.45, 7) is 7.33. The van der Waals surface area contributed by atoms with Crippen LogP contribution in [0.25, 0.3) is 0 Å². The van der Waals surface area contributed by atoms with Gasteiger partial charge in [0.2, 0.25) is 0 Å². The summed E-state index contributed by atoms with van der Waals surface area (Å²) in [6, 6.07) is 13.8. The van der Waals surface area contributed by atoms with Crippen LogP contribution in [-0.2, 0) is 4.74 Å². The molecule has 23 heavy (non-hydrogen) atoms. The van der Waals surface area contributed by atoms with E-state index in [9.17, 15) is 4.79 Å². The summed E-state index contributed by atoms with van der Waals surface area (Å²) < 4.78 is 5.39. The van der Waals surface area contributed by atoms with Gasteiger partial charge in [0, 0.05) is 30.0 Å². The van der Waals surface area contributed by atoms with Gasteiger partial charge in [0.05, 0.1) is 13.2 Å². The average molecular weight is 310 g/mol. The molecule has 2 aromatic rings. The van der Waals surface area contributed by atoms with Gasteiger partial charge in [-0.1, -0.05) is 18.2 Å². The number of amides is 1. The monoisotopic (exact) mass is 310 g/mol. The Hall–Kier alpha value is -2.33. The van der Waals surface area contributed by atoms with Crippen LogP contribution < -0.4 is 10.2 Å². The first kappa shape index (κ1) is 15.6. The molecule has 1 aliphatic heterocycles. The van der Waals surface area contributed by atoms with E-state index < -0.39 is 0 Å². The SMILES string of the molecule is Cc1cc(N2CCOCC2)ccc1NC(=O)c1ccccc1C. The van der Waals surface area contributed by atoms with Crippen LogP contribution in [0, 0.1) is 13.8 Å². The van der Waals surface area contributed by atoms with Crippen molar-refractivity contribution in [1.82, 2.24) is 0 Å². The number of carbonyl (C=O) groups excluding carboxylic acids is 1. The normalized spacial score (nSPS) is 14.6. The zero-order valence-electron chi connectivity index (χ0n) is 13.6. The van der Waals surface area contributed by atoms with Crippen molar-refractivity contribution in [1.29, 1.82) is 0 Å². The maximum absolute atomic E-state index is 12.4. The van der Waals surface area contributed by atoms with Gasteiger partial charge in [0.1, 0.15) is 0 Å². The molecule has 4 heteroatoms. The highest BCUT2D eigenvalue weighted by molar-refractivity contribution is 6.05. The second-order valence-corrected chi connectivity index (χ2v) is 5.87. The maximum atomic E-state index is 12.4. The predicted octanol–water partition coefficient (Wildman–Crippen LogP) is 3.39. The van der Waals surface area contributed by atoms with Gasteiger partial charge < -0.3 is 15.0 Å². The zero-order valence-corrected chi connectivity index (χ0v) is 13.6. The summed E-state index contributed by atoms with van der Waals surface area (Å²) in [5.74, 6) is -0.0645. The number of benzene rings is 2. The van der Waals surface area contributed by atoms with Gasteiger partial charge in [-0.3, -0.25) is 4.79 Å². The Morgan fingerprint density at radius 1 is 1.04 bits per heavy atom. The third kappa shape index (κ3) is 3.54. The highest BCUT2D eigenvalue weighted by Crippen LogP contribution is 2.24. The number of nitrogens with one attached hydrogen (secondary N) is 1. The summed E-state index contributed by atoms with van der Waals surface area (Å²) in [4.78, 5) is 14.7. The maximum Gasteiger partial charge on any atom is 0.255 e. The molecule has 3 rings (SSSR count). The number of hydrogen-bond acceptors (Lipinski definition) is 3. The van der Waals surface area contributed by atoms with E-state index in [2.05, 4.69) is 22.3 Å². The fourth-order valence-electron chi connectivity index (χ4n) is 2.82. The molecule has 0 atom stereocenters.